The molecule has 0 unspecified atom stereocenters. The lowest BCUT2D eigenvalue weighted by Crippen LogP contribution is -2.39. The highest BCUT2D eigenvalue weighted by Gasteiger charge is 2.12. The maximum Gasteiger partial charge on any atom is 0.239 e. The summed E-state index contributed by atoms with van der Waals surface area (Å²) in [4.78, 5) is 13.8. The molecule has 0 atom stereocenters. The molecular formula is C15H24ClN3O. The molecule has 1 rings (SSSR count). The minimum atomic E-state index is 0.0110. The van der Waals surface area contributed by atoms with Crippen molar-refractivity contribution in [3.8, 4) is 0 Å². The highest BCUT2D eigenvalue weighted by atomic mass is 35.5. The standard InChI is InChI=1S/C15H24ClN3O/c1-5-17-9-12-6-7-13(16)8-14(12)19(4)10-15(20)18-11(2)3/h6-8,11,17H,5,9-10H2,1-4H3,(H,18,20). The van der Waals surface area contributed by atoms with Crippen molar-refractivity contribution in [3.63, 3.8) is 0 Å². The van der Waals surface area contributed by atoms with Crippen LogP contribution in [0.5, 0.6) is 0 Å². The first-order valence-corrected chi connectivity index (χ1v) is 7.31. The van der Waals surface area contributed by atoms with Crippen molar-refractivity contribution in [1.82, 2.24) is 10.6 Å². The van der Waals surface area contributed by atoms with Gasteiger partial charge in [-0.2, -0.15) is 0 Å². The number of amides is 1. The van der Waals surface area contributed by atoms with Gasteiger partial charge >= 0.3 is 0 Å². The van der Waals surface area contributed by atoms with Crippen molar-refractivity contribution < 1.29 is 4.79 Å². The highest BCUT2D eigenvalue weighted by Crippen LogP contribution is 2.24. The molecule has 0 heterocycles. The average molecular weight is 298 g/mol. The van der Waals surface area contributed by atoms with Gasteiger partial charge in [-0.15, -0.1) is 0 Å². The maximum atomic E-state index is 11.8. The van der Waals surface area contributed by atoms with Crippen LogP contribution in [0.4, 0.5) is 5.69 Å². The number of rotatable bonds is 7. The number of halogens is 1. The summed E-state index contributed by atoms with van der Waals surface area (Å²) >= 11 is 6.07. The minimum Gasteiger partial charge on any atom is -0.365 e. The van der Waals surface area contributed by atoms with Gasteiger partial charge < -0.3 is 15.5 Å². The van der Waals surface area contributed by atoms with E-state index in [1.807, 2.05) is 44.0 Å². The molecule has 0 bridgehead atoms. The van der Waals surface area contributed by atoms with Crippen LogP contribution in [0.25, 0.3) is 0 Å². The van der Waals surface area contributed by atoms with Crippen LogP contribution in [0, 0.1) is 0 Å². The van der Waals surface area contributed by atoms with Gasteiger partial charge in [-0.05, 0) is 38.1 Å². The molecular weight excluding hydrogens is 274 g/mol. The molecule has 2 N–H and O–H groups in total. The molecule has 0 fully saturated rings. The Kier molecular flexibility index (Phi) is 6.82. The molecule has 1 amide bonds. The van der Waals surface area contributed by atoms with E-state index < -0.39 is 0 Å². The SMILES string of the molecule is CCNCc1ccc(Cl)cc1N(C)CC(=O)NC(C)C. The number of anilines is 1. The molecule has 0 radical (unpaired) electrons. The Hall–Kier alpha value is -1.26. The van der Waals surface area contributed by atoms with Crippen molar-refractivity contribution in [2.24, 2.45) is 0 Å². The fourth-order valence-corrected chi connectivity index (χ4v) is 2.14. The maximum absolute atomic E-state index is 11.8. The molecule has 0 aliphatic heterocycles. The van der Waals surface area contributed by atoms with Gasteiger partial charge in [-0.1, -0.05) is 24.6 Å². The second-order valence-electron chi connectivity index (χ2n) is 5.13. The monoisotopic (exact) mass is 297 g/mol. The zero-order valence-corrected chi connectivity index (χ0v) is 13.4. The lowest BCUT2D eigenvalue weighted by Gasteiger charge is -2.23. The van der Waals surface area contributed by atoms with E-state index in [9.17, 15) is 4.79 Å². The van der Waals surface area contributed by atoms with Gasteiger partial charge in [0.2, 0.25) is 5.91 Å². The van der Waals surface area contributed by atoms with Crippen molar-refractivity contribution >= 4 is 23.2 Å². The summed E-state index contributed by atoms with van der Waals surface area (Å²) in [6.45, 7) is 7.95. The molecule has 112 valence electrons. The van der Waals surface area contributed by atoms with Gasteiger partial charge in [0.15, 0.2) is 0 Å². The topological polar surface area (TPSA) is 44.4 Å². The Balaban J connectivity index is 2.81. The van der Waals surface area contributed by atoms with Crippen LogP contribution in [0.3, 0.4) is 0 Å². The van der Waals surface area contributed by atoms with Crippen LogP contribution >= 0.6 is 11.6 Å². The molecule has 0 aromatic heterocycles. The fraction of sp³-hybridized carbons (Fsp3) is 0.533. The summed E-state index contributed by atoms with van der Waals surface area (Å²) < 4.78 is 0. The summed E-state index contributed by atoms with van der Waals surface area (Å²) in [7, 11) is 1.90. The van der Waals surface area contributed by atoms with Gasteiger partial charge in [0.25, 0.3) is 0 Å². The largest absolute Gasteiger partial charge is 0.365 e. The van der Waals surface area contributed by atoms with Gasteiger partial charge in [-0.3, -0.25) is 4.79 Å². The molecule has 1 aromatic carbocycles. The molecule has 5 heteroatoms. The Labute approximate surface area is 126 Å². The zero-order chi connectivity index (χ0) is 15.1. The number of carbonyl (C=O) groups is 1. The summed E-state index contributed by atoms with van der Waals surface area (Å²) in [5.74, 6) is 0.0110. The van der Waals surface area contributed by atoms with E-state index in [2.05, 4.69) is 17.6 Å². The third kappa shape index (κ3) is 5.39. The first-order valence-electron chi connectivity index (χ1n) is 6.93. The Morgan fingerprint density at radius 3 is 2.70 bits per heavy atom. The van der Waals surface area contributed by atoms with Crippen LogP contribution in [-0.4, -0.2) is 32.1 Å². The second kappa shape index (κ2) is 8.12. The third-order valence-corrected chi connectivity index (χ3v) is 3.09. The molecule has 0 saturated carbocycles. The Morgan fingerprint density at radius 1 is 1.40 bits per heavy atom. The number of nitrogens with zero attached hydrogens (tertiary/aromatic N) is 1. The van der Waals surface area contributed by atoms with Crippen LogP contribution in [0.15, 0.2) is 18.2 Å². The molecule has 20 heavy (non-hydrogen) atoms. The van der Waals surface area contributed by atoms with Gasteiger partial charge in [0.05, 0.1) is 6.54 Å². The quantitative estimate of drug-likeness (QED) is 0.812. The van der Waals surface area contributed by atoms with E-state index in [-0.39, 0.29) is 11.9 Å². The predicted octanol–water partition coefficient (Wildman–Crippen LogP) is 2.41. The van der Waals surface area contributed by atoms with Gasteiger partial charge in [-0.25, -0.2) is 0 Å². The smallest absolute Gasteiger partial charge is 0.239 e. The number of carbonyl (C=O) groups excluding carboxylic acids is 1. The summed E-state index contributed by atoms with van der Waals surface area (Å²) in [6, 6.07) is 5.92. The summed E-state index contributed by atoms with van der Waals surface area (Å²) in [5.41, 5.74) is 2.12. The summed E-state index contributed by atoms with van der Waals surface area (Å²) in [6.07, 6.45) is 0. The lowest BCUT2D eigenvalue weighted by molar-refractivity contribution is -0.120. The van der Waals surface area contributed by atoms with E-state index in [0.717, 1.165) is 24.3 Å². The van der Waals surface area contributed by atoms with E-state index >= 15 is 0 Å². The first kappa shape index (κ1) is 16.8. The zero-order valence-electron chi connectivity index (χ0n) is 12.7. The first-order chi connectivity index (χ1) is 9.43. The average Bonchev–Trinajstić information content (AvgIpc) is 2.36. The van der Waals surface area contributed by atoms with Crippen molar-refractivity contribution in [2.75, 3.05) is 25.0 Å². The van der Waals surface area contributed by atoms with Crippen LogP contribution < -0.4 is 15.5 Å². The minimum absolute atomic E-state index is 0.0110. The van der Waals surface area contributed by atoms with E-state index in [4.69, 9.17) is 11.6 Å². The van der Waals surface area contributed by atoms with E-state index in [1.54, 1.807) is 0 Å². The molecule has 0 aliphatic carbocycles. The number of hydrogen-bond donors (Lipinski definition) is 2. The Bertz CT molecular complexity index is 449. The van der Waals surface area contributed by atoms with Crippen LogP contribution in [-0.2, 0) is 11.3 Å². The third-order valence-electron chi connectivity index (χ3n) is 2.85. The Morgan fingerprint density at radius 2 is 2.10 bits per heavy atom. The number of hydrogen-bond acceptors (Lipinski definition) is 3. The molecule has 0 saturated heterocycles. The lowest BCUT2D eigenvalue weighted by atomic mass is 10.1. The highest BCUT2D eigenvalue weighted by molar-refractivity contribution is 6.30. The normalized spacial score (nSPS) is 10.7. The van der Waals surface area contributed by atoms with Crippen LogP contribution in [0.2, 0.25) is 5.02 Å². The van der Waals surface area contributed by atoms with Crippen molar-refractivity contribution in [3.05, 3.63) is 28.8 Å². The van der Waals surface area contributed by atoms with Gasteiger partial charge in [0, 0.05) is 30.3 Å². The van der Waals surface area contributed by atoms with Crippen molar-refractivity contribution in [1.29, 1.82) is 0 Å². The summed E-state index contributed by atoms with van der Waals surface area (Å²) in [5, 5.41) is 6.86. The molecule has 0 spiro atoms. The molecule has 1 aromatic rings. The predicted molar refractivity (Wildman–Crippen MR) is 85.4 cm³/mol. The van der Waals surface area contributed by atoms with E-state index in [0.29, 0.717) is 11.6 Å². The second-order valence-corrected chi connectivity index (χ2v) is 5.57. The molecule has 0 aliphatic rings. The number of nitrogens with one attached hydrogen (secondary N) is 2. The van der Waals surface area contributed by atoms with Crippen LogP contribution in [0.1, 0.15) is 26.3 Å². The fourth-order valence-electron chi connectivity index (χ4n) is 1.97. The number of benzene rings is 1. The molecule has 4 nitrogen and oxygen atoms in total. The van der Waals surface area contributed by atoms with E-state index in [1.165, 1.54) is 0 Å². The van der Waals surface area contributed by atoms with Crippen molar-refractivity contribution in [2.45, 2.75) is 33.4 Å². The number of likely N-dealkylation sites (N-methyl/N-ethyl adjacent to an activating group) is 1. The van der Waals surface area contributed by atoms with Gasteiger partial charge in [0.1, 0.15) is 0 Å².